The largest absolute Gasteiger partial charge is 0.497 e. The molecule has 7 heteroatoms. The molecule has 0 radical (unpaired) electrons. The lowest BCUT2D eigenvalue weighted by molar-refractivity contribution is -0.898. The van der Waals surface area contributed by atoms with Gasteiger partial charge < -0.3 is 15.0 Å². The van der Waals surface area contributed by atoms with Crippen molar-refractivity contribution in [1.82, 2.24) is 20.3 Å². The predicted molar refractivity (Wildman–Crippen MR) is 98.5 cm³/mol. The Morgan fingerprint density at radius 2 is 2.08 bits per heavy atom. The SMILES string of the molecule is COc1cccc(Cn2cc(C(=O)NCC[NH+]3CCCCCC3)nn2)c1. The molecule has 0 atom stereocenters. The number of amides is 1. The number of likely N-dealkylation sites (tertiary alicyclic amines) is 1. The van der Waals surface area contributed by atoms with Crippen molar-refractivity contribution in [1.29, 1.82) is 0 Å². The van der Waals surface area contributed by atoms with Crippen LogP contribution in [-0.2, 0) is 6.54 Å². The summed E-state index contributed by atoms with van der Waals surface area (Å²) in [6, 6.07) is 7.78. The van der Waals surface area contributed by atoms with E-state index < -0.39 is 0 Å². The highest BCUT2D eigenvalue weighted by atomic mass is 16.5. The number of carbonyl (C=O) groups is 1. The van der Waals surface area contributed by atoms with Crippen molar-refractivity contribution >= 4 is 5.91 Å². The van der Waals surface area contributed by atoms with Gasteiger partial charge in [0.2, 0.25) is 0 Å². The fraction of sp³-hybridized carbons (Fsp3) is 0.526. The van der Waals surface area contributed by atoms with Crippen molar-refractivity contribution in [2.75, 3.05) is 33.3 Å². The third kappa shape index (κ3) is 5.29. The number of hydrogen-bond acceptors (Lipinski definition) is 4. The Balaban J connectivity index is 1.47. The van der Waals surface area contributed by atoms with E-state index in [-0.39, 0.29) is 5.91 Å². The van der Waals surface area contributed by atoms with Crippen LogP contribution in [0.15, 0.2) is 30.5 Å². The Morgan fingerprint density at radius 3 is 2.85 bits per heavy atom. The number of nitrogens with one attached hydrogen (secondary N) is 2. The quantitative estimate of drug-likeness (QED) is 0.757. The van der Waals surface area contributed by atoms with E-state index in [9.17, 15) is 4.79 Å². The fourth-order valence-electron chi connectivity index (χ4n) is 3.36. The maximum absolute atomic E-state index is 12.3. The molecule has 0 aliphatic carbocycles. The van der Waals surface area contributed by atoms with Gasteiger partial charge in [-0.2, -0.15) is 0 Å². The monoisotopic (exact) mass is 358 g/mol. The number of nitrogens with zero attached hydrogens (tertiary/aromatic N) is 3. The van der Waals surface area contributed by atoms with Gasteiger partial charge in [-0.05, 0) is 43.4 Å². The summed E-state index contributed by atoms with van der Waals surface area (Å²) in [7, 11) is 1.64. The van der Waals surface area contributed by atoms with Crippen LogP contribution in [0.4, 0.5) is 0 Å². The van der Waals surface area contributed by atoms with Gasteiger partial charge in [0.1, 0.15) is 5.75 Å². The van der Waals surface area contributed by atoms with E-state index in [1.54, 1.807) is 22.9 Å². The zero-order valence-electron chi connectivity index (χ0n) is 15.4. The van der Waals surface area contributed by atoms with Crippen LogP contribution in [0.3, 0.4) is 0 Å². The van der Waals surface area contributed by atoms with Crippen LogP contribution in [0.2, 0.25) is 0 Å². The van der Waals surface area contributed by atoms with Crippen LogP contribution < -0.4 is 15.0 Å². The number of carbonyl (C=O) groups excluding carboxylic acids is 1. The van der Waals surface area contributed by atoms with Crippen molar-refractivity contribution in [2.24, 2.45) is 0 Å². The summed E-state index contributed by atoms with van der Waals surface area (Å²) in [5.74, 6) is 0.646. The Labute approximate surface area is 154 Å². The average Bonchev–Trinajstić information content (AvgIpc) is 2.97. The Hall–Kier alpha value is -2.41. The summed E-state index contributed by atoms with van der Waals surface area (Å²) >= 11 is 0. The molecule has 1 aromatic heterocycles. The van der Waals surface area contributed by atoms with Crippen LogP contribution >= 0.6 is 0 Å². The van der Waals surface area contributed by atoms with E-state index in [2.05, 4.69) is 15.6 Å². The van der Waals surface area contributed by atoms with Crippen molar-refractivity contribution in [3.8, 4) is 5.75 Å². The molecule has 0 spiro atoms. The molecule has 26 heavy (non-hydrogen) atoms. The number of quaternary nitrogens is 1. The maximum atomic E-state index is 12.3. The van der Waals surface area contributed by atoms with Gasteiger partial charge >= 0.3 is 0 Å². The first-order valence-electron chi connectivity index (χ1n) is 9.39. The molecule has 1 aliphatic rings. The minimum Gasteiger partial charge on any atom is -0.497 e. The molecule has 1 amide bonds. The van der Waals surface area contributed by atoms with E-state index in [0.29, 0.717) is 18.8 Å². The number of rotatable bonds is 7. The third-order valence-corrected chi connectivity index (χ3v) is 4.82. The first-order chi connectivity index (χ1) is 12.7. The molecule has 1 fully saturated rings. The first-order valence-corrected chi connectivity index (χ1v) is 9.39. The van der Waals surface area contributed by atoms with E-state index in [1.165, 1.54) is 38.8 Å². The van der Waals surface area contributed by atoms with Gasteiger partial charge in [-0.1, -0.05) is 17.3 Å². The van der Waals surface area contributed by atoms with Crippen molar-refractivity contribution in [3.63, 3.8) is 0 Å². The summed E-state index contributed by atoms with van der Waals surface area (Å²) in [6.07, 6.45) is 6.95. The van der Waals surface area contributed by atoms with E-state index >= 15 is 0 Å². The third-order valence-electron chi connectivity index (χ3n) is 4.82. The van der Waals surface area contributed by atoms with Crippen LogP contribution in [0.1, 0.15) is 41.7 Å². The highest BCUT2D eigenvalue weighted by molar-refractivity contribution is 5.91. The molecule has 0 bridgehead atoms. The van der Waals surface area contributed by atoms with Crippen LogP contribution in [-0.4, -0.2) is 54.2 Å². The summed E-state index contributed by atoms with van der Waals surface area (Å²) < 4.78 is 6.90. The molecule has 1 aromatic carbocycles. The molecule has 0 unspecified atom stereocenters. The second-order valence-corrected chi connectivity index (χ2v) is 6.82. The van der Waals surface area contributed by atoms with E-state index in [1.807, 2.05) is 24.3 Å². The fourth-order valence-corrected chi connectivity index (χ4v) is 3.36. The lowest BCUT2D eigenvalue weighted by Crippen LogP contribution is -3.12. The molecule has 0 saturated carbocycles. The number of hydrogen-bond donors (Lipinski definition) is 2. The summed E-state index contributed by atoms with van der Waals surface area (Å²) in [6.45, 7) is 4.63. The van der Waals surface area contributed by atoms with Gasteiger partial charge in [0.05, 0.1) is 46.0 Å². The molecule has 1 saturated heterocycles. The molecule has 2 aromatic rings. The van der Waals surface area contributed by atoms with Gasteiger partial charge in [-0.3, -0.25) is 4.79 Å². The number of ether oxygens (including phenoxy) is 1. The molecule has 140 valence electrons. The van der Waals surface area contributed by atoms with Crippen LogP contribution in [0, 0.1) is 0 Å². The number of methoxy groups -OCH3 is 1. The van der Waals surface area contributed by atoms with Crippen molar-refractivity contribution in [3.05, 3.63) is 41.7 Å². The Bertz CT molecular complexity index is 707. The van der Waals surface area contributed by atoms with Gasteiger partial charge in [-0.15, -0.1) is 5.10 Å². The second kappa shape index (κ2) is 9.33. The average molecular weight is 358 g/mol. The standard InChI is InChI=1S/C19H27N5O2/c1-26-17-8-6-7-16(13-17)14-24-15-18(21-22-24)19(25)20-9-12-23-10-4-2-3-5-11-23/h6-8,13,15H,2-5,9-12,14H2,1H3,(H,20,25)/p+1. The molecular weight excluding hydrogens is 330 g/mol. The lowest BCUT2D eigenvalue weighted by atomic mass is 10.2. The van der Waals surface area contributed by atoms with Crippen LogP contribution in [0.5, 0.6) is 5.75 Å². The molecule has 7 nitrogen and oxygen atoms in total. The summed E-state index contributed by atoms with van der Waals surface area (Å²) in [5, 5.41) is 11.0. The topological polar surface area (TPSA) is 73.5 Å². The van der Waals surface area contributed by atoms with Gasteiger partial charge in [0.15, 0.2) is 5.69 Å². The molecule has 2 heterocycles. The molecular formula is C19H28N5O2+. The number of benzene rings is 1. The molecule has 1 aliphatic heterocycles. The molecule has 3 rings (SSSR count). The van der Waals surface area contributed by atoms with Gasteiger partial charge in [-0.25, -0.2) is 4.68 Å². The second-order valence-electron chi connectivity index (χ2n) is 6.82. The van der Waals surface area contributed by atoms with E-state index in [0.717, 1.165) is 17.9 Å². The minimum absolute atomic E-state index is 0.156. The zero-order chi connectivity index (χ0) is 18.2. The molecule has 2 N–H and O–H groups in total. The maximum Gasteiger partial charge on any atom is 0.273 e. The Kier molecular flexibility index (Phi) is 6.60. The summed E-state index contributed by atoms with van der Waals surface area (Å²) in [4.78, 5) is 13.9. The smallest absolute Gasteiger partial charge is 0.273 e. The first kappa shape index (κ1) is 18.4. The van der Waals surface area contributed by atoms with Gasteiger partial charge in [0, 0.05) is 0 Å². The zero-order valence-corrected chi connectivity index (χ0v) is 15.4. The minimum atomic E-state index is -0.156. The highest BCUT2D eigenvalue weighted by Gasteiger charge is 2.14. The summed E-state index contributed by atoms with van der Waals surface area (Å²) in [5.41, 5.74) is 1.41. The lowest BCUT2D eigenvalue weighted by Gasteiger charge is -2.16. The predicted octanol–water partition coefficient (Wildman–Crippen LogP) is 0.524. The van der Waals surface area contributed by atoms with Crippen molar-refractivity contribution < 1.29 is 14.4 Å². The highest BCUT2D eigenvalue weighted by Crippen LogP contribution is 2.13. The normalized spacial score (nSPS) is 15.4. The number of aromatic nitrogens is 3. The Morgan fingerprint density at radius 1 is 1.27 bits per heavy atom. The van der Waals surface area contributed by atoms with E-state index in [4.69, 9.17) is 4.74 Å². The van der Waals surface area contributed by atoms with Gasteiger partial charge in [0.25, 0.3) is 5.91 Å². The van der Waals surface area contributed by atoms with Crippen LogP contribution in [0.25, 0.3) is 0 Å². The van der Waals surface area contributed by atoms with Crippen molar-refractivity contribution in [2.45, 2.75) is 32.2 Å².